The molecule has 128 valence electrons. The van der Waals surface area contributed by atoms with Gasteiger partial charge in [0.1, 0.15) is 4.21 Å². The zero-order valence-electron chi connectivity index (χ0n) is 13.1. The van der Waals surface area contributed by atoms with Crippen LogP contribution in [0.4, 0.5) is 4.79 Å². The molecule has 2 amide bonds. The van der Waals surface area contributed by atoms with Crippen LogP contribution in [0, 0.1) is 0 Å². The minimum Gasteiger partial charge on any atom is -0.334 e. The summed E-state index contributed by atoms with van der Waals surface area (Å²) in [4.78, 5) is 13.9. The molecule has 1 aromatic carbocycles. The number of rotatable bonds is 4. The highest BCUT2D eigenvalue weighted by Gasteiger charge is 2.30. The van der Waals surface area contributed by atoms with E-state index in [0.29, 0.717) is 36.9 Å². The Morgan fingerprint density at radius 1 is 1.04 bits per heavy atom. The molecule has 0 aliphatic carbocycles. The van der Waals surface area contributed by atoms with Crippen molar-refractivity contribution in [2.45, 2.75) is 10.8 Å². The Bertz CT molecular complexity index is 768. The smallest absolute Gasteiger partial charge is 0.317 e. The summed E-state index contributed by atoms with van der Waals surface area (Å²) in [6.45, 7) is 1.89. The Kier molecular flexibility index (Phi) is 5.17. The van der Waals surface area contributed by atoms with Gasteiger partial charge in [0, 0.05) is 32.7 Å². The molecular weight excluding hydrogens is 346 g/mol. The highest BCUT2D eigenvalue weighted by atomic mass is 32.2. The standard InChI is InChI=1S/C16H19N3O3S2/c20-16(17-13-14-5-2-1-3-6-14)18-8-10-19(11-9-18)24(21,22)15-7-4-12-23-15/h1-7,12H,8-11,13H2,(H,17,20). The van der Waals surface area contributed by atoms with Crippen LogP contribution in [0.5, 0.6) is 0 Å². The zero-order valence-corrected chi connectivity index (χ0v) is 14.7. The second-order valence-electron chi connectivity index (χ2n) is 5.47. The van der Waals surface area contributed by atoms with E-state index in [4.69, 9.17) is 0 Å². The number of nitrogens with one attached hydrogen (secondary N) is 1. The molecule has 1 aliphatic rings. The van der Waals surface area contributed by atoms with Gasteiger partial charge in [-0.25, -0.2) is 13.2 Å². The molecule has 0 unspecified atom stereocenters. The molecule has 0 saturated carbocycles. The number of hydrogen-bond acceptors (Lipinski definition) is 4. The zero-order chi connectivity index (χ0) is 17.0. The molecule has 1 saturated heterocycles. The second-order valence-corrected chi connectivity index (χ2v) is 8.58. The average Bonchev–Trinajstić information content (AvgIpc) is 3.16. The van der Waals surface area contributed by atoms with Crippen molar-refractivity contribution in [2.24, 2.45) is 0 Å². The van der Waals surface area contributed by atoms with Gasteiger partial charge in [-0.05, 0) is 17.0 Å². The highest BCUT2D eigenvalue weighted by molar-refractivity contribution is 7.91. The number of urea groups is 1. The fourth-order valence-electron chi connectivity index (χ4n) is 2.55. The van der Waals surface area contributed by atoms with Crippen molar-refractivity contribution in [1.29, 1.82) is 0 Å². The molecule has 1 aromatic heterocycles. The number of carbonyl (C=O) groups is 1. The van der Waals surface area contributed by atoms with Gasteiger partial charge in [-0.1, -0.05) is 36.4 Å². The first-order chi connectivity index (χ1) is 11.6. The number of hydrogen-bond donors (Lipinski definition) is 1. The lowest BCUT2D eigenvalue weighted by atomic mass is 10.2. The first-order valence-corrected chi connectivity index (χ1v) is 10.00. The van der Waals surface area contributed by atoms with E-state index in [0.717, 1.165) is 5.56 Å². The SMILES string of the molecule is O=C(NCc1ccccc1)N1CCN(S(=O)(=O)c2cccs2)CC1. The van der Waals surface area contributed by atoms with Crippen LogP contribution in [0.15, 0.2) is 52.1 Å². The molecule has 1 fully saturated rings. The quantitative estimate of drug-likeness (QED) is 0.900. The maximum atomic E-state index is 12.5. The Morgan fingerprint density at radius 2 is 1.75 bits per heavy atom. The van der Waals surface area contributed by atoms with E-state index in [2.05, 4.69) is 5.32 Å². The fourth-order valence-corrected chi connectivity index (χ4v) is 5.12. The summed E-state index contributed by atoms with van der Waals surface area (Å²) in [6.07, 6.45) is 0. The predicted octanol–water partition coefficient (Wildman–Crippen LogP) is 1.96. The van der Waals surface area contributed by atoms with E-state index < -0.39 is 10.0 Å². The number of benzene rings is 1. The molecule has 0 bridgehead atoms. The minimum absolute atomic E-state index is 0.160. The van der Waals surface area contributed by atoms with Crippen LogP contribution in [0.2, 0.25) is 0 Å². The van der Waals surface area contributed by atoms with Crippen LogP contribution < -0.4 is 5.32 Å². The summed E-state index contributed by atoms with van der Waals surface area (Å²) >= 11 is 1.21. The van der Waals surface area contributed by atoms with Crippen molar-refractivity contribution in [3.05, 3.63) is 53.4 Å². The molecular formula is C16H19N3O3S2. The third-order valence-electron chi connectivity index (χ3n) is 3.90. The van der Waals surface area contributed by atoms with Gasteiger partial charge >= 0.3 is 6.03 Å². The Morgan fingerprint density at radius 3 is 2.38 bits per heavy atom. The second kappa shape index (κ2) is 7.33. The molecule has 2 aromatic rings. The predicted molar refractivity (Wildman–Crippen MR) is 93.3 cm³/mol. The number of carbonyl (C=O) groups excluding carboxylic acids is 1. The molecule has 8 heteroatoms. The number of amides is 2. The summed E-state index contributed by atoms with van der Waals surface area (Å²) in [5.74, 6) is 0. The molecule has 3 rings (SSSR count). The van der Waals surface area contributed by atoms with Crippen LogP contribution in [0.1, 0.15) is 5.56 Å². The molecule has 1 N–H and O–H groups in total. The Balaban J connectivity index is 1.52. The van der Waals surface area contributed by atoms with Crippen LogP contribution >= 0.6 is 11.3 Å². The van der Waals surface area contributed by atoms with Gasteiger partial charge in [-0.3, -0.25) is 0 Å². The summed E-state index contributed by atoms with van der Waals surface area (Å²) in [7, 11) is -3.43. The van der Waals surface area contributed by atoms with E-state index >= 15 is 0 Å². The maximum Gasteiger partial charge on any atom is 0.317 e. The van der Waals surface area contributed by atoms with Crippen LogP contribution in [-0.2, 0) is 16.6 Å². The Labute approximate surface area is 145 Å². The lowest BCUT2D eigenvalue weighted by molar-refractivity contribution is 0.172. The molecule has 6 nitrogen and oxygen atoms in total. The van der Waals surface area contributed by atoms with Crippen molar-refractivity contribution in [3.8, 4) is 0 Å². The number of nitrogens with zero attached hydrogens (tertiary/aromatic N) is 2. The van der Waals surface area contributed by atoms with Gasteiger partial charge in [-0.2, -0.15) is 4.31 Å². The van der Waals surface area contributed by atoms with Crippen molar-refractivity contribution in [1.82, 2.24) is 14.5 Å². The topological polar surface area (TPSA) is 69.7 Å². The van der Waals surface area contributed by atoms with Crippen molar-refractivity contribution >= 4 is 27.4 Å². The van der Waals surface area contributed by atoms with Gasteiger partial charge < -0.3 is 10.2 Å². The molecule has 0 radical (unpaired) electrons. The normalized spacial score (nSPS) is 16.1. The highest BCUT2D eigenvalue weighted by Crippen LogP contribution is 2.22. The maximum absolute atomic E-state index is 12.5. The number of sulfonamides is 1. The van der Waals surface area contributed by atoms with Gasteiger partial charge in [0.2, 0.25) is 0 Å². The lowest BCUT2D eigenvalue weighted by Crippen LogP contribution is -2.52. The lowest BCUT2D eigenvalue weighted by Gasteiger charge is -2.33. The summed E-state index contributed by atoms with van der Waals surface area (Å²) in [5, 5.41) is 4.62. The van der Waals surface area contributed by atoms with Crippen molar-refractivity contribution in [3.63, 3.8) is 0 Å². The minimum atomic E-state index is -3.43. The molecule has 0 atom stereocenters. The van der Waals surface area contributed by atoms with E-state index in [1.807, 2.05) is 30.3 Å². The van der Waals surface area contributed by atoms with Crippen molar-refractivity contribution in [2.75, 3.05) is 26.2 Å². The van der Waals surface area contributed by atoms with E-state index in [1.54, 1.807) is 22.4 Å². The first kappa shape index (κ1) is 16.9. The van der Waals surface area contributed by atoms with E-state index in [1.165, 1.54) is 15.6 Å². The molecule has 24 heavy (non-hydrogen) atoms. The average molecular weight is 365 g/mol. The van der Waals surface area contributed by atoms with Crippen LogP contribution in [0.25, 0.3) is 0 Å². The largest absolute Gasteiger partial charge is 0.334 e. The summed E-state index contributed by atoms with van der Waals surface area (Å²) in [5.41, 5.74) is 1.03. The van der Waals surface area contributed by atoms with Crippen LogP contribution in [0.3, 0.4) is 0 Å². The Hall–Kier alpha value is -1.90. The molecule has 0 spiro atoms. The van der Waals surface area contributed by atoms with E-state index in [9.17, 15) is 13.2 Å². The third kappa shape index (κ3) is 3.77. The first-order valence-electron chi connectivity index (χ1n) is 7.68. The van der Waals surface area contributed by atoms with Gasteiger partial charge in [0.05, 0.1) is 0 Å². The van der Waals surface area contributed by atoms with Gasteiger partial charge in [0.25, 0.3) is 10.0 Å². The fraction of sp³-hybridized carbons (Fsp3) is 0.312. The molecule has 1 aliphatic heterocycles. The van der Waals surface area contributed by atoms with Gasteiger partial charge in [0.15, 0.2) is 0 Å². The monoisotopic (exact) mass is 365 g/mol. The van der Waals surface area contributed by atoms with E-state index in [-0.39, 0.29) is 6.03 Å². The third-order valence-corrected chi connectivity index (χ3v) is 7.17. The van der Waals surface area contributed by atoms with Crippen molar-refractivity contribution < 1.29 is 13.2 Å². The van der Waals surface area contributed by atoms with Crippen LogP contribution in [-0.4, -0.2) is 49.8 Å². The van der Waals surface area contributed by atoms with Gasteiger partial charge in [-0.15, -0.1) is 11.3 Å². The molecule has 2 heterocycles. The summed E-state index contributed by atoms with van der Waals surface area (Å²) < 4.78 is 26.7. The summed E-state index contributed by atoms with van der Waals surface area (Å²) in [6, 6.07) is 12.9. The number of piperazine rings is 1. The number of thiophene rings is 1.